The van der Waals surface area contributed by atoms with Crippen LogP contribution < -0.4 is 5.73 Å². The first-order valence-electron chi connectivity index (χ1n) is 2.55. The van der Waals surface area contributed by atoms with Crippen molar-refractivity contribution in [3.63, 3.8) is 0 Å². The second-order valence-electron chi connectivity index (χ2n) is 1.75. The smallest absolute Gasteiger partial charge is 0.297 e. The van der Waals surface area contributed by atoms with Gasteiger partial charge in [-0.05, 0) is 0 Å². The summed E-state index contributed by atoms with van der Waals surface area (Å²) >= 11 is 0. The van der Waals surface area contributed by atoms with Gasteiger partial charge in [-0.25, -0.2) is 9.97 Å². The van der Waals surface area contributed by atoms with E-state index in [2.05, 4.69) is 9.97 Å². The predicted molar refractivity (Wildman–Crippen MR) is 43.5 cm³/mol. The Morgan fingerprint density at radius 1 is 1.33 bits per heavy atom. The van der Waals surface area contributed by atoms with Crippen LogP contribution in [0.1, 0.15) is 0 Å². The van der Waals surface area contributed by atoms with E-state index in [4.69, 9.17) is 10.3 Å². The van der Waals surface area contributed by atoms with Crippen molar-refractivity contribution in [2.24, 2.45) is 0 Å². The highest BCUT2D eigenvalue weighted by Crippen LogP contribution is 2.03. The molecular formula is C4H6ClN3O3S. The molecule has 3 N–H and O–H groups in total. The summed E-state index contributed by atoms with van der Waals surface area (Å²) in [5, 5.41) is 0. The van der Waals surface area contributed by atoms with Crippen LogP contribution in [0.25, 0.3) is 0 Å². The molecule has 0 fully saturated rings. The van der Waals surface area contributed by atoms with E-state index in [1.54, 1.807) is 0 Å². The number of hydrogen-bond donors (Lipinski definition) is 2. The first-order valence-corrected chi connectivity index (χ1v) is 3.99. The Hall–Kier alpha value is -0.920. The quantitative estimate of drug-likeness (QED) is 0.620. The van der Waals surface area contributed by atoms with Crippen LogP contribution >= 0.6 is 12.4 Å². The summed E-state index contributed by atoms with van der Waals surface area (Å²) in [6, 6.07) is 0. The molecule has 68 valence electrons. The molecule has 0 saturated heterocycles. The molecule has 6 nitrogen and oxygen atoms in total. The summed E-state index contributed by atoms with van der Waals surface area (Å²) < 4.78 is 29.2. The van der Waals surface area contributed by atoms with Gasteiger partial charge in [0.1, 0.15) is 4.90 Å². The molecule has 0 bridgehead atoms. The minimum Gasteiger partial charge on any atom is -0.368 e. The summed E-state index contributed by atoms with van der Waals surface area (Å²) in [6.07, 6.45) is 1.86. The second-order valence-corrected chi connectivity index (χ2v) is 3.17. The van der Waals surface area contributed by atoms with E-state index in [0.717, 1.165) is 12.4 Å². The number of halogens is 1. The second kappa shape index (κ2) is 3.65. The van der Waals surface area contributed by atoms with Crippen LogP contribution in [0, 0.1) is 0 Å². The number of rotatable bonds is 1. The SMILES string of the molecule is Cl.Nc1ncc(S(=O)(=O)O)cn1. The zero-order chi connectivity index (χ0) is 8.48. The molecule has 0 unspecified atom stereocenters. The Bertz CT molecular complexity index is 348. The molecule has 0 spiro atoms. The van der Waals surface area contributed by atoms with Gasteiger partial charge < -0.3 is 5.73 Å². The molecule has 0 atom stereocenters. The Balaban J connectivity index is 0.00000121. The van der Waals surface area contributed by atoms with Crippen LogP contribution in [0.2, 0.25) is 0 Å². The highest BCUT2D eigenvalue weighted by Gasteiger charge is 2.09. The Labute approximate surface area is 75.0 Å². The highest BCUT2D eigenvalue weighted by atomic mass is 35.5. The van der Waals surface area contributed by atoms with Crippen molar-refractivity contribution >= 4 is 28.5 Å². The number of nitrogen functional groups attached to an aromatic ring is 1. The lowest BCUT2D eigenvalue weighted by molar-refractivity contribution is 0.482. The minimum absolute atomic E-state index is 0. The van der Waals surface area contributed by atoms with Gasteiger partial charge in [-0.1, -0.05) is 0 Å². The third kappa shape index (κ3) is 2.61. The minimum atomic E-state index is -4.20. The van der Waals surface area contributed by atoms with E-state index in [0.29, 0.717) is 0 Å². The Morgan fingerprint density at radius 3 is 2.08 bits per heavy atom. The number of nitrogens with zero attached hydrogens (tertiary/aromatic N) is 2. The number of anilines is 1. The van der Waals surface area contributed by atoms with Crippen LogP contribution in [-0.4, -0.2) is 22.9 Å². The largest absolute Gasteiger partial charge is 0.368 e. The highest BCUT2D eigenvalue weighted by molar-refractivity contribution is 7.85. The van der Waals surface area contributed by atoms with Crippen molar-refractivity contribution in [2.45, 2.75) is 4.90 Å². The molecule has 0 saturated carbocycles. The van der Waals surface area contributed by atoms with Gasteiger partial charge in [0.05, 0.1) is 12.4 Å². The summed E-state index contributed by atoms with van der Waals surface area (Å²) in [5.74, 6) is -0.0441. The van der Waals surface area contributed by atoms with Crippen molar-refractivity contribution in [2.75, 3.05) is 5.73 Å². The topological polar surface area (TPSA) is 106 Å². The van der Waals surface area contributed by atoms with E-state index in [1.807, 2.05) is 0 Å². The van der Waals surface area contributed by atoms with Gasteiger partial charge in [0.2, 0.25) is 5.95 Å². The van der Waals surface area contributed by atoms with Gasteiger partial charge in [0.15, 0.2) is 0 Å². The molecule has 1 aromatic rings. The lowest BCUT2D eigenvalue weighted by Gasteiger charge is -1.93. The molecule has 1 aromatic heterocycles. The number of hydrogen-bond acceptors (Lipinski definition) is 5. The lowest BCUT2D eigenvalue weighted by Crippen LogP contribution is -2.01. The van der Waals surface area contributed by atoms with Crippen LogP contribution in [0.5, 0.6) is 0 Å². The van der Waals surface area contributed by atoms with Crippen molar-refractivity contribution in [3.8, 4) is 0 Å². The summed E-state index contributed by atoms with van der Waals surface area (Å²) in [5.41, 5.74) is 5.07. The number of aromatic nitrogens is 2. The molecule has 0 aromatic carbocycles. The molecule has 0 aliphatic carbocycles. The van der Waals surface area contributed by atoms with E-state index in [9.17, 15) is 8.42 Å². The van der Waals surface area contributed by atoms with Crippen LogP contribution in [0.3, 0.4) is 0 Å². The zero-order valence-corrected chi connectivity index (χ0v) is 7.34. The maximum absolute atomic E-state index is 10.4. The summed E-state index contributed by atoms with van der Waals surface area (Å²) in [6.45, 7) is 0. The van der Waals surface area contributed by atoms with Crippen LogP contribution in [0.15, 0.2) is 17.3 Å². The van der Waals surface area contributed by atoms with Crippen molar-refractivity contribution in [3.05, 3.63) is 12.4 Å². The van der Waals surface area contributed by atoms with E-state index >= 15 is 0 Å². The summed E-state index contributed by atoms with van der Waals surface area (Å²) in [4.78, 5) is 6.38. The predicted octanol–water partition coefficient (Wildman–Crippen LogP) is -0.273. The first-order chi connectivity index (χ1) is 5.00. The van der Waals surface area contributed by atoms with Gasteiger partial charge in [-0.2, -0.15) is 8.42 Å². The molecule has 8 heteroatoms. The third-order valence-electron chi connectivity index (χ3n) is 0.946. The van der Waals surface area contributed by atoms with Crippen molar-refractivity contribution in [1.29, 1.82) is 0 Å². The fourth-order valence-electron chi connectivity index (χ4n) is 0.459. The average Bonchev–Trinajstić information content (AvgIpc) is 1.86. The maximum atomic E-state index is 10.4. The maximum Gasteiger partial charge on any atom is 0.297 e. The Kier molecular flexibility index (Phi) is 3.37. The van der Waals surface area contributed by atoms with Crippen molar-refractivity contribution < 1.29 is 13.0 Å². The van der Waals surface area contributed by atoms with E-state index < -0.39 is 10.1 Å². The zero-order valence-electron chi connectivity index (χ0n) is 5.71. The van der Waals surface area contributed by atoms with Crippen molar-refractivity contribution in [1.82, 2.24) is 9.97 Å². The van der Waals surface area contributed by atoms with Gasteiger partial charge in [-0.3, -0.25) is 4.55 Å². The normalized spacial score (nSPS) is 10.4. The summed E-state index contributed by atoms with van der Waals surface area (Å²) in [7, 11) is -4.20. The third-order valence-corrected chi connectivity index (χ3v) is 1.75. The van der Waals surface area contributed by atoms with Gasteiger partial charge in [0.25, 0.3) is 10.1 Å². The fourth-order valence-corrected chi connectivity index (χ4v) is 0.831. The van der Waals surface area contributed by atoms with Gasteiger partial charge in [-0.15, -0.1) is 12.4 Å². The van der Waals surface area contributed by atoms with E-state index in [-0.39, 0.29) is 23.3 Å². The molecule has 0 amide bonds. The van der Waals surface area contributed by atoms with E-state index in [1.165, 1.54) is 0 Å². The van der Waals surface area contributed by atoms with Gasteiger partial charge >= 0.3 is 0 Å². The molecule has 0 radical (unpaired) electrons. The van der Waals surface area contributed by atoms with Crippen LogP contribution in [0.4, 0.5) is 5.95 Å². The number of nitrogens with two attached hydrogens (primary N) is 1. The molecule has 0 aliphatic heterocycles. The first kappa shape index (κ1) is 11.1. The lowest BCUT2D eigenvalue weighted by atomic mass is 10.7. The average molecular weight is 212 g/mol. The Morgan fingerprint density at radius 2 is 1.75 bits per heavy atom. The molecule has 0 aliphatic rings. The monoisotopic (exact) mass is 211 g/mol. The standard InChI is InChI=1S/C4H5N3O3S.ClH/c5-4-6-1-3(2-7-4)11(8,9)10;/h1-2H,(H2,5,6,7)(H,8,9,10);1H. The van der Waals surface area contributed by atoms with Crippen LogP contribution in [-0.2, 0) is 10.1 Å². The molecular weight excluding hydrogens is 206 g/mol. The fraction of sp³-hybridized carbons (Fsp3) is 0. The molecule has 1 heterocycles. The molecule has 12 heavy (non-hydrogen) atoms. The molecule has 1 rings (SSSR count). The van der Waals surface area contributed by atoms with Gasteiger partial charge in [0, 0.05) is 0 Å².